The van der Waals surface area contributed by atoms with Crippen LogP contribution in [0.3, 0.4) is 0 Å². The highest BCUT2D eigenvalue weighted by Gasteiger charge is 2.00. The van der Waals surface area contributed by atoms with E-state index < -0.39 is 0 Å². The van der Waals surface area contributed by atoms with Crippen LogP contribution in [0, 0.1) is 0 Å². The third kappa shape index (κ3) is 3.11. The molecular weight excluding hydrogens is 222 g/mol. The van der Waals surface area contributed by atoms with Gasteiger partial charge in [0.25, 0.3) is 0 Å². The maximum absolute atomic E-state index is 5.77. The first-order valence-electron chi connectivity index (χ1n) is 6.26. The fourth-order valence-electron chi connectivity index (χ4n) is 1.75. The fraction of sp³-hybridized carbons (Fsp3) is 0.250. The van der Waals surface area contributed by atoms with E-state index in [0.29, 0.717) is 12.5 Å². The lowest BCUT2D eigenvalue weighted by molar-refractivity contribution is 0.482. The lowest BCUT2D eigenvalue weighted by Crippen LogP contribution is -1.95. The molecule has 0 aliphatic carbocycles. The van der Waals surface area contributed by atoms with Gasteiger partial charge in [0, 0.05) is 6.54 Å². The molecule has 2 nitrogen and oxygen atoms in total. The second kappa shape index (κ2) is 5.69. The minimum atomic E-state index is 0.544. The van der Waals surface area contributed by atoms with Crippen LogP contribution < -0.4 is 10.5 Å². The molecule has 0 bridgehead atoms. The zero-order valence-electron chi connectivity index (χ0n) is 10.9. The van der Waals surface area contributed by atoms with Crippen LogP contribution in [0.4, 0.5) is 0 Å². The summed E-state index contributed by atoms with van der Waals surface area (Å²) in [5.74, 6) is 2.24. The average molecular weight is 241 g/mol. The predicted octanol–water partition coefficient (Wildman–Crippen LogP) is 4.06. The van der Waals surface area contributed by atoms with E-state index in [4.69, 9.17) is 10.5 Å². The minimum absolute atomic E-state index is 0.544. The van der Waals surface area contributed by atoms with Crippen LogP contribution >= 0.6 is 0 Å². The molecule has 0 aliphatic heterocycles. The van der Waals surface area contributed by atoms with E-state index in [1.807, 2.05) is 36.4 Å². The summed E-state index contributed by atoms with van der Waals surface area (Å²) in [6, 6.07) is 16.1. The van der Waals surface area contributed by atoms with Crippen molar-refractivity contribution in [3.05, 3.63) is 59.7 Å². The molecule has 94 valence electrons. The Hall–Kier alpha value is -1.80. The standard InChI is InChI=1S/C16H19NO/c1-12(2)14-5-9-16(10-6-14)18-15-7-3-13(11-17)4-8-15/h3-10,12H,11,17H2,1-2H3. The van der Waals surface area contributed by atoms with Crippen molar-refractivity contribution in [2.45, 2.75) is 26.3 Å². The van der Waals surface area contributed by atoms with Gasteiger partial charge in [0.05, 0.1) is 0 Å². The van der Waals surface area contributed by atoms with Crippen LogP contribution in [-0.2, 0) is 6.54 Å². The third-order valence-electron chi connectivity index (χ3n) is 2.94. The van der Waals surface area contributed by atoms with Crippen molar-refractivity contribution in [2.24, 2.45) is 5.73 Å². The van der Waals surface area contributed by atoms with Gasteiger partial charge in [-0.2, -0.15) is 0 Å². The lowest BCUT2D eigenvalue weighted by Gasteiger charge is -2.09. The Morgan fingerprint density at radius 2 is 1.39 bits per heavy atom. The third-order valence-corrected chi connectivity index (χ3v) is 2.94. The van der Waals surface area contributed by atoms with Gasteiger partial charge >= 0.3 is 0 Å². The Kier molecular flexibility index (Phi) is 4.00. The molecule has 0 spiro atoms. The predicted molar refractivity (Wildman–Crippen MR) is 74.9 cm³/mol. The summed E-state index contributed by atoms with van der Waals surface area (Å²) >= 11 is 0. The van der Waals surface area contributed by atoms with E-state index in [1.54, 1.807) is 0 Å². The molecule has 0 saturated heterocycles. The van der Waals surface area contributed by atoms with Gasteiger partial charge in [-0.1, -0.05) is 38.1 Å². The molecule has 2 aromatic carbocycles. The van der Waals surface area contributed by atoms with Crippen molar-refractivity contribution in [3.63, 3.8) is 0 Å². The first kappa shape index (κ1) is 12.7. The smallest absolute Gasteiger partial charge is 0.127 e. The highest BCUT2D eigenvalue weighted by molar-refractivity contribution is 5.35. The fourth-order valence-corrected chi connectivity index (χ4v) is 1.75. The molecule has 2 N–H and O–H groups in total. The van der Waals surface area contributed by atoms with Gasteiger partial charge in [0.1, 0.15) is 11.5 Å². The van der Waals surface area contributed by atoms with Crippen molar-refractivity contribution < 1.29 is 4.74 Å². The van der Waals surface area contributed by atoms with Gasteiger partial charge in [-0.15, -0.1) is 0 Å². The van der Waals surface area contributed by atoms with Crippen LogP contribution in [0.15, 0.2) is 48.5 Å². The van der Waals surface area contributed by atoms with Crippen molar-refractivity contribution in [2.75, 3.05) is 0 Å². The molecule has 0 aliphatic rings. The molecule has 2 rings (SSSR count). The van der Waals surface area contributed by atoms with Crippen LogP contribution in [-0.4, -0.2) is 0 Å². The first-order valence-corrected chi connectivity index (χ1v) is 6.26. The second-order valence-corrected chi connectivity index (χ2v) is 4.67. The number of nitrogens with two attached hydrogens (primary N) is 1. The van der Waals surface area contributed by atoms with Gasteiger partial charge in [-0.3, -0.25) is 0 Å². The number of hydrogen-bond donors (Lipinski definition) is 1. The molecule has 0 amide bonds. The Morgan fingerprint density at radius 3 is 1.83 bits per heavy atom. The highest BCUT2D eigenvalue weighted by Crippen LogP contribution is 2.24. The molecule has 0 saturated carbocycles. The van der Waals surface area contributed by atoms with Gasteiger partial charge in [0.15, 0.2) is 0 Å². The minimum Gasteiger partial charge on any atom is -0.457 e. The average Bonchev–Trinajstić information content (AvgIpc) is 2.40. The monoisotopic (exact) mass is 241 g/mol. The van der Waals surface area contributed by atoms with Crippen molar-refractivity contribution in [1.29, 1.82) is 0 Å². The molecule has 0 radical (unpaired) electrons. The molecule has 0 unspecified atom stereocenters. The van der Waals surface area contributed by atoms with Crippen LogP contribution in [0.2, 0.25) is 0 Å². The zero-order chi connectivity index (χ0) is 13.0. The summed E-state index contributed by atoms with van der Waals surface area (Å²) in [6.45, 7) is 4.92. The molecule has 0 heterocycles. The molecule has 18 heavy (non-hydrogen) atoms. The van der Waals surface area contributed by atoms with Crippen molar-refractivity contribution in [1.82, 2.24) is 0 Å². The SMILES string of the molecule is CC(C)c1ccc(Oc2ccc(CN)cc2)cc1. The van der Waals surface area contributed by atoms with Crippen LogP contribution in [0.25, 0.3) is 0 Å². The van der Waals surface area contributed by atoms with Gasteiger partial charge in [-0.05, 0) is 41.3 Å². The summed E-state index contributed by atoms with van der Waals surface area (Å²) in [6.07, 6.45) is 0. The maximum atomic E-state index is 5.77. The molecule has 0 atom stereocenters. The van der Waals surface area contributed by atoms with E-state index in [9.17, 15) is 0 Å². The van der Waals surface area contributed by atoms with Crippen molar-refractivity contribution in [3.8, 4) is 11.5 Å². The van der Waals surface area contributed by atoms with Gasteiger partial charge < -0.3 is 10.5 Å². The highest BCUT2D eigenvalue weighted by atomic mass is 16.5. The van der Waals surface area contributed by atoms with Crippen molar-refractivity contribution >= 4 is 0 Å². The summed E-state index contributed by atoms with van der Waals surface area (Å²) in [5.41, 5.74) is 7.99. The summed E-state index contributed by atoms with van der Waals surface area (Å²) < 4.78 is 5.77. The number of rotatable bonds is 4. The Labute approximate surface area is 108 Å². The van der Waals surface area contributed by atoms with Gasteiger partial charge in [-0.25, -0.2) is 0 Å². The van der Waals surface area contributed by atoms with E-state index >= 15 is 0 Å². The zero-order valence-corrected chi connectivity index (χ0v) is 10.9. The number of benzene rings is 2. The molecule has 0 aromatic heterocycles. The number of ether oxygens (including phenoxy) is 1. The normalized spacial score (nSPS) is 10.7. The summed E-state index contributed by atoms with van der Waals surface area (Å²) in [4.78, 5) is 0. The van der Waals surface area contributed by atoms with Crippen LogP contribution in [0.1, 0.15) is 30.9 Å². The summed E-state index contributed by atoms with van der Waals surface area (Å²) in [5, 5.41) is 0. The first-order chi connectivity index (χ1) is 8.69. The molecular formula is C16H19NO. The topological polar surface area (TPSA) is 35.2 Å². The van der Waals surface area contributed by atoms with E-state index in [0.717, 1.165) is 17.1 Å². The molecule has 2 aromatic rings. The largest absolute Gasteiger partial charge is 0.457 e. The molecule has 2 heteroatoms. The van der Waals surface area contributed by atoms with E-state index in [-0.39, 0.29) is 0 Å². The Bertz CT molecular complexity index is 486. The second-order valence-electron chi connectivity index (χ2n) is 4.67. The van der Waals surface area contributed by atoms with E-state index in [1.165, 1.54) is 5.56 Å². The van der Waals surface area contributed by atoms with Crippen LogP contribution in [0.5, 0.6) is 11.5 Å². The Morgan fingerprint density at radius 1 is 0.889 bits per heavy atom. The Balaban J connectivity index is 2.08. The summed E-state index contributed by atoms with van der Waals surface area (Å²) in [7, 11) is 0. The molecule has 0 fully saturated rings. The quantitative estimate of drug-likeness (QED) is 0.876. The van der Waals surface area contributed by atoms with Gasteiger partial charge in [0.2, 0.25) is 0 Å². The number of hydrogen-bond acceptors (Lipinski definition) is 2. The lowest BCUT2D eigenvalue weighted by atomic mass is 10.0. The van der Waals surface area contributed by atoms with E-state index in [2.05, 4.69) is 26.0 Å². The maximum Gasteiger partial charge on any atom is 0.127 e.